The van der Waals surface area contributed by atoms with Gasteiger partial charge in [-0.3, -0.25) is 4.79 Å². The number of rotatable bonds is 3. The van der Waals surface area contributed by atoms with Gasteiger partial charge in [0.25, 0.3) is 5.91 Å². The first-order valence-electron chi connectivity index (χ1n) is 7.33. The van der Waals surface area contributed by atoms with Crippen molar-refractivity contribution >= 4 is 17.5 Å². The summed E-state index contributed by atoms with van der Waals surface area (Å²) in [7, 11) is 1.80. The van der Waals surface area contributed by atoms with Crippen LogP contribution in [0.3, 0.4) is 0 Å². The summed E-state index contributed by atoms with van der Waals surface area (Å²) in [6.45, 7) is 1.18. The molecule has 1 atom stereocenters. The lowest BCUT2D eigenvalue weighted by Crippen LogP contribution is -2.38. The maximum atomic E-state index is 12.4. The van der Waals surface area contributed by atoms with E-state index in [1.165, 1.54) is 11.1 Å². The predicted molar refractivity (Wildman–Crippen MR) is 87.1 cm³/mol. The van der Waals surface area contributed by atoms with Gasteiger partial charge >= 0.3 is 0 Å². The lowest BCUT2D eigenvalue weighted by Gasteiger charge is -2.29. The van der Waals surface area contributed by atoms with E-state index in [1.54, 1.807) is 36.2 Å². The molecule has 0 aromatic heterocycles. The Morgan fingerprint density at radius 2 is 2.00 bits per heavy atom. The molecule has 1 unspecified atom stereocenters. The number of carbonyl (C=O) groups excluding carboxylic acids is 1. The van der Waals surface area contributed by atoms with Gasteiger partial charge in [-0.15, -0.1) is 0 Å². The van der Waals surface area contributed by atoms with E-state index in [0.29, 0.717) is 23.7 Å². The molecule has 0 bridgehead atoms. The van der Waals surface area contributed by atoms with Crippen molar-refractivity contribution in [1.82, 2.24) is 4.90 Å². The van der Waals surface area contributed by atoms with Gasteiger partial charge in [0.05, 0.1) is 12.7 Å². The summed E-state index contributed by atoms with van der Waals surface area (Å²) in [5.41, 5.74) is 3.15. The van der Waals surface area contributed by atoms with Gasteiger partial charge in [-0.25, -0.2) is 0 Å². The van der Waals surface area contributed by atoms with Crippen molar-refractivity contribution in [2.75, 3.05) is 13.6 Å². The number of nitrogens with zero attached hydrogens (tertiary/aromatic N) is 1. The molecule has 1 amide bonds. The molecule has 0 saturated heterocycles. The summed E-state index contributed by atoms with van der Waals surface area (Å²) < 4.78 is 5.86. The number of hydrogen-bond donors (Lipinski definition) is 0. The Balaban J connectivity index is 1.65. The van der Waals surface area contributed by atoms with Crippen LogP contribution < -0.4 is 0 Å². The van der Waals surface area contributed by atoms with Crippen LogP contribution in [0.2, 0.25) is 5.02 Å². The standard InChI is InChI=1S/C18H18ClNO2/c1-20(18(21)14-7-4-8-16(19)9-14)11-17-10-13-5-2-3-6-15(13)12-22-17/h2-9,17H,10-12H2,1H3. The molecular weight excluding hydrogens is 298 g/mol. The average Bonchev–Trinajstić information content (AvgIpc) is 2.54. The quantitative estimate of drug-likeness (QED) is 0.867. The SMILES string of the molecule is CN(CC1Cc2ccccc2CO1)C(=O)c1cccc(Cl)c1. The maximum absolute atomic E-state index is 12.4. The maximum Gasteiger partial charge on any atom is 0.253 e. The zero-order chi connectivity index (χ0) is 15.5. The fourth-order valence-electron chi connectivity index (χ4n) is 2.76. The van der Waals surface area contributed by atoms with Crippen LogP contribution in [0, 0.1) is 0 Å². The van der Waals surface area contributed by atoms with Crippen LogP contribution in [-0.2, 0) is 17.8 Å². The van der Waals surface area contributed by atoms with E-state index in [-0.39, 0.29) is 12.0 Å². The van der Waals surface area contributed by atoms with Gasteiger partial charge < -0.3 is 9.64 Å². The minimum Gasteiger partial charge on any atom is -0.371 e. The van der Waals surface area contributed by atoms with Gasteiger partial charge in [0.1, 0.15) is 0 Å². The fraction of sp³-hybridized carbons (Fsp3) is 0.278. The first-order chi connectivity index (χ1) is 10.6. The zero-order valence-corrected chi connectivity index (χ0v) is 13.2. The molecule has 1 aliphatic heterocycles. The topological polar surface area (TPSA) is 29.5 Å². The molecule has 0 aliphatic carbocycles. The second kappa shape index (κ2) is 6.51. The number of amides is 1. The van der Waals surface area contributed by atoms with Crippen molar-refractivity contribution in [1.29, 1.82) is 0 Å². The molecule has 2 aromatic carbocycles. The van der Waals surface area contributed by atoms with Crippen LogP contribution in [0.1, 0.15) is 21.5 Å². The molecule has 1 aliphatic rings. The average molecular weight is 316 g/mol. The second-order valence-electron chi connectivity index (χ2n) is 5.60. The van der Waals surface area contributed by atoms with Crippen LogP contribution >= 0.6 is 11.6 Å². The summed E-state index contributed by atoms with van der Waals surface area (Å²) in [5.74, 6) is -0.0371. The Morgan fingerprint density at radius 1 is 1.23 bits per heavy atom. The van der Waals surface area contributed by atoms with E-state index in [2.05, 4.69) is 12.1 Å². The van der Waals surface area contributed by atoms with Crippen LogP contribution in [0.5, 0.6) is 0 Å². The normalized spacial score (nSPS) is 16.9. The Hall–Kier alpha value is -1.84. The molecule has 0 fully saturated rings. The highest BCUT2D eigenvalue weighted by Gasteiger charge is 2.22. The Labute approximate surface area is 135 Å². The molecule has 3 nitrogen and oxygen atoms in total. The van der Waals surface area contributed by atoms with E-state index in [0.717, 1.165) is 6.42 Å². The molecule has 0 spiro atoms. The van der Waals surface area contributed by atoms with Gasteiger partial charge in [-0.2, -0.15) is 0 Å². The summed E-state index contributed by atoms with van der Waals surface area (Å²) in [4.78, 5) is 14.1. The lowest BCUT2D eigenvalue weighted by molar-refractivity contribution is 0.00985. The zero-order valence-electron chi connectivity index (χ0n) is 12.5. The van der Waals surface area contributed by atoms with Crippen molar-refractivity contribution in [3.8, 4) is 0 Å². The minimum absolute atomic E-state index is 0.0306. The van der Waals surface area contributed by atoms with E-state index in [1.807, 2.05) is 12.1 Å². The van der Waals surface area contributed by atoms with Crippen molar-refractivity contribution in [3.05, 3.63) is 70.2 Å². The molecule has 22 heavy (non-hydrogen) atoms. The van der Waals surface area contributed by atoms with Crippen molar-refractivity contribution in [2.45, 2.75) is 19.1 Å². The smallest absolute Gasteiger partial charge is 0.253 e. The van der Waals surface area contributed by atoms with Crippen LogP contribution in [0.4, 0.5) is 0 Å². The van der Waals surface area contributed by atoms with Crippen molar-refractivity contribution < 1.29 is 9.53 Å². The van der Waals surface area contributed by atoms with Gasteiger partial charge in [0, 0.05) is 30.6 Å². The number of likely N-dealkylation sites (N-methyl/N-ethyl adjacent to an activating group) is 1. The number of fused-ring (bicyclic) bond motifs is 1. The predicted octanol–water partition coefficient (Wildman–Crippen LogP) is 3.55. The van der Waals surface area contributed by atoms with Gasteiger partial charge in [-0.1, -0.05) is 41.9 Å². The van der Waals surface area contributed by atoms with Crippen molar-refractivity contribution in [3.63, 3.8) is 0 Å². The summed E-state index contributed by atoms with van der Waals surface area (Å²) in [6.07, 6.45) is 0.867. The Kier molecular flexibility index (Phi) is 4.46. The summed E-state index contributed by atoms with van der Waals surface area (Å²) in [5, 5.41) is 0.571. The molecule has 0 radical (unpaired) electrons. The van der Waals surface area contributed by atoms with E-state index in [4.69, 9.17) is 16.3 Å². The second-order valence-corrected chi connectivity index (χ2v) is 6.04. The van der Waals surface area contributed by atoms with Crippen LogP contribution in [-0.4, -0.2) is 30.5 Å². The third-order valence-electron chi connectivity index (χ3n) is 3.94. The monoisotopic (exact) mass is 315 g/mol. The Morgan fingerprint density at radius 3 is 2.77 bits per heavy atom. The number of carbonyl (C=O) groups is 1. The molecule has 0 saturated carbocycles. The number of ether oxygens (including phenoxy) is 1. The number of halogens is 1. The van der Waals surface area contributed by atoms with Crippen LogP contribution in [0.15, 0.2) is 48.5 Å². The van der Waals surface area contributed by atoms with Crippen LogP contribution in [0.25, 0.3) is 0 Å². The summed E-state index contributed by atoms with van der Waals surface area (Å²) in [6, 6.07) is 15.3. The highest BCUT2D eigenvalue weighted by molar-refractivity contribution is 6.30. The third kappa shape index (κ3) is 3.32. The molecular formula is C18H18ClNO2. The van der Waals surface area contributed by atoms with Crippen molar-refractivity contribution in [2.24, 2.45) is 0 Å². The van der Waals surface area contributed by atoms with Gasteiger partial charge in [0.15, 0.2) is 0 Å². The molecule has 0 N–H and O–H groups in total. The summed E-state index contributed by atoms with van der Waals surface area (Å²) >= 11 is 5.95. The first-order valence-corrected chi connectivity index (χ1v) is 7.70. The minimum atomic E-state index is -0.0371. The van der Waals surface area contributed by atoms with E-state index in [9.17, 15) is 4.79 Å². The fourth-order valence-corrected chi connectivity index (χ4v) is 2.95. The van der Waals surface area contributed by atoms with Gasteiger partial charge in [-0.05, 0) is 29.3 Å². The molecule has 3 rings (SSSR count). The molecule has 114 valence electrons. The highest BCUT2D eigenvalue weighted by Crippen LogP contribution is 2.21. The number of benzene rings is 2. The molecule has 1 heterocycles. The number of hydrogen-bond acceptors (Lipinski definition) is 2. The third-order valence-corrected chi connectivity index (χ3v) is 4.17. The Bertz CT molecular complexity index is 686. The lowest BCUT2D eigenvalue weighted by atomic mass is 9.99. The highest BCUT2D eigenvalue weighted by atomic mass is 35.5. The van der Waals surface area contributed by atoms with E-state index >= 15 is 0 Å². The first kappa shape index (κ1) is 15.1. The molecule has 2 aromatic rings. The molecule has 4 heteroatoms. The largest absolute Gasteiger partial charge is 0.371 e. The van der Waals surface area contributed by atoms with Gasteiger partial charge in [0.2, 0.25) is 0 Å². The van der Waals surface area contributed by atoms with E-state index < -0.39 is 0 Å².